The number of piperidine rings is 1. The zero-order valence-corrected chi connectivity index (χ0v) is 18.6. The van der Waals surface area contributed by atoms with Gasteiger partial charge in [-0.15, -0.1) is 0 Å². The molecule has 1 aliphatic rings. The summed E-state index contributed by atoms with van der Waals surface area (Å²) in [5.41, 5.74) is 1.42. The zero-order valence-electron chi connectivity index (χ0n) is 17.8. The topological polar surface area (TPSA) is 95.8 Å². The van der Waals surface area contributed by atoms with Crippen molar-refractivity contribution in [1.29, 1.82) is 0 Å². The molecule has 31 heavy (non-hydrogen) atoms. The van der Waals surface area contributed by atoms with Crippen LogP contribution in [0, 0.1) is 16.0 Å². The number of rotatable bonds is 5. The highest BCUT2D eigenvalue weighted by molar-refractivity contribution is 8.13. The third-order valence-electron chi connectivity index (χ3n) is 5.24. The van der Waals surface area contributed by atoms with Crippen molar-refractivity contribution in [2.75, 3.05) is 37.4 Å². The minimum Gasteiger partial charge on any atom is -0.371 e. The zero-order chi connectivity index (χ0) is 22.5. The summed E-state index contributed by atoms with van der Waals surface area (Å²) >= 11 is 1.09. The molecule has 2 amide bonds. The number of nitro benzene ring substituents is 1. The SMILES string of the molecule is CC1CCN(c2ccc([N+](=O)[O-])cc2C(=O)Nc2ccc(SC(=O)N(C)C)cc2)CC1. The van der Waals surface area contributed by atoms with Crippen LogP contribution in [0.25, 0.3) is 0 Å². The number of hydrogen-bond acceptors (Lipinski definition) is 6. The maximum atomic E-state index is 13.0. The molecule has 0 atom stereocenters. The summed E-state index contributed by atoms with van der Waals surface area (Å²) in [6.45, 7) is 3.82. The summed E-state index contributed by atoms with van der Waals surface area (Å²) in [4.78, 5) is 40.0. The van der Waals surface area contributed by atoms with Crippen LogP contribution >= 0.6 is 11.8 Å². The Morgan fingerprint density at radius 2 is 1.77 bits per heavy atom. The maximum absolute atomic E-state index is 13.0. The lowest BCUT2D eigenvalue weighted by Crippen LogP contribution is -2.34. The lowest BCUT2D eigenvalue weighted by atomic mass is 9.98. The molecule has 1 fully saturated rings. The van der Waals surface area contributed by atoms with E-state index in [1.165, 1.54) is 17.0 Å². The van der Waals surface area contributed by atoms with E-state index in [1.807, 2.05) is 0 Å². The highest BCUT2D eigenvalue weighted by Gasteiger charge is 2.23. The van der Waals surface area contributed by atoms with Gasteiger partial charge < -0.3 is 15.1 Å². The van der Waals surface area contributed by atoms with Crippen molar-refractivity contribution in [3.05, 3.63) is 58.1 Å². The van der Waals surface area contributed by atoms with E-state index in [4.69, 9.17) is 0 Å². The van der Waals surface area contributed by atoms with Crippen molar-refractivity contribution in [3.8, 4) is 0 Å². The summed E-state index contributed by atoms with van der Waals surface area (Å²) in [5.74, 6) is 0.226. The minimum atomic E-state index is -0.493. The number of carbonyl (C=O) groups excluding carboxylic acids is 2. The van der Waals surface area contributed by atoms with Crippen LogP contribution in [0.5, 0.6) is 0 Å². The molecule has 9 heteroatoms. The Bertz CT molecular complexity index is 970. The molecule has 1 N–H and O–H groups in total. The number of nitro groups is 1. The molecule has 0 bridgehead atoms. The van der Waals surface area contributed by atoms with Crippen LogP contribution < -0.4 is 10.2 Å². The van der Waals surface area contributed by atoms with Gasteiger partial charge >= 0.3 is 0 Å². The number of nitrogens with one attached hydrogen (secondary N) is 1. The number of non-ortho nitro benzene ring substituents is 1. The van der Waals surface area contributed by atoms with E-state index in [-0.39, 0.29) is 16.5 Å². The summed E-state index contributed by atoms with van der Waals surface area (Å²) in [7, 11) is 3.37. The Morgan fingerprint density at radius 3 is 2.35 bits per heavy atom. The number of anilines is 2. The van der Waals surface area contributed by atoms with Crippen molar-refractivity contribution in [3.63, 3.8) is 0 Å². The fourth-order valence-corrected chi connectivity index (χ4v) is 4.00. The highest BCUT2D eigenvalue weighted by Crippen LogP contribution is 2.30. The van der Waals surface area contributed by atoms with Crippen LogP contribution in [0.1, 0.15) is 30.1 Å². The molecular formula is C22H26N4O4S. The van der Waals surface area contributed by atoms with Gasteiger partial charge in [0.2, 0.25) is 0 Å². The van der Waals surface area contributed by atoms with Gasteiger partial charge in [0.05, 0.1) is 16.2 Å². The third-order valence-corrected chi connectivity index (χ3v) is 6.29. The van der Waals surface area contributed by atoms with E-state index >= 15 is 0 Å². The molecular weight excluding hydrogens is 416 g/mol. The van der Waals surface area contributed by atoms with Crippen LogP contribution in [0.2, 0.25) is 0 Å². The molecule has 0 aromatic heterocycles. The van der Waals surface area contributed by atoms with Crippen LogP contribution in [0.4, 0.5) is 21.9 Å². The highest BCUT2D eigenvalue weighted by atomic mass is 32.2. The molecule has 0 aliphatic carbocycles. The fourth-order valence-electron chi connectivity index (χ4n) is 3.34. The average molecular weight is 443 g/mol. The van der Waals surface area contributed by atoms with Gasteiger partial charge in [0.1, 0.15) is 0 Å². The second-order valence-corrected chi connectivity index (χ2v) is 8.89. The summed E-state index contributed by atoms with van der Waals surface area (Å²) in [6.07, 6.45) is 2.03. The van der Waals surface area contributed by atoms with E-state index in [1.54, 1.807) is 44.4 Å². The Balaban J connectivity index is 1.80. The molecule has 0 spiro atoms. The van der Waals surface area contributed by atoms with Crippen molar-refractivity contribution in [2.45, 2.75) is 24.7 Å². The van der Waals surface area contributed by atoms with E-state index in [2.05, 4.69) is 17.1 Å². The fraction of sp³-hybridized carbons (Fsp3) is 0.364. The second kappa shape index (κ2) is 9.82. The van der Waals surface area contributed by atoms with E-state index in [0.29, 0.717) is 17.3 Å². The second-order valence-electron chi connectivity index (χ2n) is 7.87. The van der Waals surface area contributed by atoms with Crippen molar-refractivity contribution in [1.82, 2.24) is 4.90 Å². The Labute approximate surface area is 185 Å². The molecule has 1 heterocycles. The van der Waals surface area contributed by atoms with Gasteiger partial charge in [0.15, 0.2) is 0 Å². The van der Waals surface area contributed by atoms with E-state index < -0.39 is 10.8 Å². The van der Waals surface area contributed by atoms with Gasteiger partial charge in [-0.3, -0.25) is 19.7 Å². The van der Waals surface area contributed by atoms with Gasteiger partial charge in [-0.2, -0.15) is 0 Å². The lowest BCUT2D eigenvalue weighted by Gasteiger charge is -2.33. The minimum absolute atomic E-state index is 0.0890. The molecule has 164 valence electrons. The molecule has 0 saturated carbocycles. The Morgan fingerprint density at radius 1 is 1.13 bits per heavy atom. The molecule has 2 aromatic rings. The number of amides is 2. The van der Waals surface area contributed by atoms with Gasteiger partial charge in [0.25, 0.3) is 16.8 Å². The van der Waals surface area contributed by atoms with E-state index in [0.717, 1.165) is 42.6 Å². The van der Waals surface area contributed by atoms with Crippen molar-refractivity contribution in [2.24, 2.45) is 5.92 Å². The molecule has 1 saturated heterocycles. The third kappa shape index (κ3) is 5.75. The monoisotopic (exact) mass is 442 g/mol. The predicted molar refractivity (Wildman–Crippen MR) is 123 cm³/mol. The van der Waals surface area contributed by atoms with Crippen LogP contribution in [0.3, 0.4) is 0 Å². The quantitative estimate of drug-likeness (QED) is 0.404. The molecule has 0 radical (unpaired) electrons. The largest absolute Gasteiger partial charge is 0.371 e. The number of carbonyl (C=O) groups is 2. The first-order chi connectivity index (χ1) is 14.7. The normalized spacial score (nSPS) is 14.2. The summed E-state index contributed by atoms with van der Waals surface area (Å²) < 4.78 is 0. The van der Waals surface area contributed by atoms with E-state index in [9.17, 15) is 19.7 Å². The molecule has 3 rings (SSSR count). The van der Waals surface area contributed by atoms with Crippen molar-refractivity contribution >= 4 is 40.0 Å². The number of benzene rings is 2. The average Bonchev–Trinajstić information content (AvgIpc) is 2.75. The smallest absolute Gasteiger partial charge is 0.285 e. The number of nitrogens with zero attached hydrogens (tertiary/aromatic N) is 3. The number of hydrogen-bond donors (Lipinski definition) is 1. The van der Waals surface area contributed by atoms with Crippen molar-refractivity contribution < 1.29 is 14.5 Å². The van der Waals surface area contributed by atoms with Crippen LogP contribution in [-0.2, 0) is 0 Å². The van der Waals surface area contributed by atoms with Crippen LogP contribution in [-0.4, -0.2) is 48.2 Å². The molecule has 0 unspecified atom stereocenters. The molecule has 8 nitrogen and oxygen atoms in total. The summed E-state index contributed by atoms with van der Waals surface area (Å²) in [5, 5.41) is 14.0. The first-order valence-electron chi connectivity index (χ1n) is 10.1. The number of thioether (sulfide) groups is 1. The lowest BCUT2D eigenvalue weighted by molar-refractivity contribution is -0.384. The first kappa shape index (κ1) is 22.6. The maximum Gasteiger partial charge on any atom is 0.285 e. The Hall–Kier alpha value is -3.07. The van der Waals surface area contributed by atoms with Crippen LogP contribution in [0.15, 0.2) is 47.4 Å². The predicted octanol–water partition coefficient (Wildman–Crippen LogP) is 4.86. The van der Waals surface area contributed by atoms with Gasteiger partial charge in [-0.25, -0.2) is 0 Å². The first-order valence-corrected chi connectivity index (χ1v) is 10.9. The summed E-state index contributed by atoms with van der Waals surface area (Å²) in [6, 6.07) is 11.4. The molecule has 2 aromatic carbocycles. The van der Waals surface area contributed by atoms with Gasteiger partial charge in [-0.05, 0) is 60.9 Å². The standard InChI is InChI=1S/C22H26N4O4S/c1-15-10-12-25(13-11-15)20-9-6-17(26(29)30)14-19(20)21(27)23-16-4-7-18(8-5-16)31-22(28)24(2)3/h4-9,14-15H,10-13H2,1-3H3,(H,23,27). The van der Waals surface area contributed by atoms with Gasteiger partial charge in [0, 0.05) is 49.9 Å². The molecule has 1 aliphatic heterocycles. The van der Waals surface area contributed by atoms with Gasteiger partial charge in [-0.1, -0.05) is 6.92 Å². The Kier molecular flexibility index (Phi) is 7.17.